The highest BCUT2D eigenvalue weighted by atomic mass is 32.1. The topological polar surface area (TPSA) is 100 Å². The van der Waals surface area contributed by atoms with Crippen molar-refractivity contribution in [3.05, 3.63) is 60.1 Å². The Balaban J connectivity index is 1.68. The number of nitrogens with zero attached hydrogens (tertiary/aromatic N) is 3. The lowest BCUT2D eigenvalue weighted by atomic mass is 10.1. The Morgan fingerprint density at radius 2 is 2.03 bits per heavy atom. The SMILES string of the molecule is O=C(O)CCCCCn1c(O)c(/C=c2/cc/c(=c3/cc(C(F)(F)F)cc4c3=NC=N4)o2)sc1=S. The van der Waals surface area contributed by atoms with Gasteiger partial charge in [0.25, 0.3) is 0 Å². The van der Waals surface area contributed by atoms with Crippen molar-refractivity contribution in [1.82, 2.24) is 4.57 Å². The van der Waals surface area contributed by atoms with Crippen LogP contribution in [0, 0.1) is 14.6 Å². The number of benzene rings is 1. The number of halogens is 3. The van der Waals surface area contributed by atoms with Crippen LogP contribution in [0.1, 0.15) is 36.1 Å². The molecule has 1 aliphatic heterocycles. The van der Waals surface area contributed by atoms with Crippen LogP contribution >= 0.6 is 23.6 Å². The van der Waals surface area contributed by atoms with Gasteiger partial charge in [-0.05, 0) is 49.3 Å². The highest BCUT2D eigenvalue weighted by molar-refractivity contribution is 7.73. The maximum absolute atomic E-state index is 13.3. The first kappa shape index (κ1) is 23.9. The second-order valence-corrected chi connectivity index (χ2v) is 9.20. The molecule has 7 nitrogen and oxygen atoms in total. The predicted octanol–water partition coefficient (Wildman–Crippen LogP) is 4.65. The summed E-state index contributed by atoms with van der Waals surface area (Å²) in [6.07, 6.45) is 0.171. The normalized spacial score (nSPS) is 14.4. The molecule has 34 heavy (non-hydrogen) atoms. The molecule has 2 aromatic heterocycles. The molecule has 0 unspecified atom stereocenters. The maximum Gasteiger partial charge on any atom is 0.416 e. The molecule has 0 spiro atoms. The number of fused-ring (bicyclic) bond motifs is 1. The Morgan fingerprint density at radius 1 is 1.24 bits per heavy atom. The minimum Gasteiger partial charge on any atom is -0.493 e. The summed E-state index contributed by atoms with van der Waals surface area (Å²) >= 11 is 6.49. The van der Waals surface area contributed by atoms with Crippen molar-refractivity contribution >= 4 is 47.6 Å². The van der Waals surface area contributed by atoms with Crippen molar-refractivity contribution in [2.24, 2.45) is 9.98 Å². The Bertz CT molecular complexity index is 1550. The summed E-state index contributed by atoms with van der Waals surface area (Å²) in [5, 5.41) is 19.7. The second-order valence-electron chi connectivity index (χ2n) is 7.52. The van der Waals surface area contributed by atoms with Gasteiger partial charge < -0.3 is 14.6 Å². The van der Waals surface area contributed by atoms with Gasteiger partial charge in [-0.3, -0.25) is 9.36 Å². The Morgan fingerprint density at radius 3 is 2.76 bits per heavy atom. The average molecular weight is 510 g/mol. The number of carbonyl (C=O) groups is 1. The van der Waals surface area contributed by atoms with Crippen molar-refractivity contribution in [3.8, 4) is 5.88 Å². The summed E-state index contributed by atoms with van der Waals surface area (Å²) in [5.74, 6) is -0.893. The van der Waals surface area contributed by atoms with Crippen molar-refractivity contribution in [2.45, 2.75) is 38.4 Å². The second kappa shape index (κ2) is 9.55. The van der Waals surface area contributed by atoms with E-state index in [1.54, 1.807) is 16.7 Å². The molecular weight excluding hydrogens is 491 g/mol. The molecule has 4 rings (SSSR count). The van der Waals surface area contributed by atoms with Crippen molar-refractivity contribution in [2.75, 3.05) is 0 Å². The van der Waals surface area contributed by atoms with Crippen LogP contribution in [0.25, 0.3) is 6.08 Å². The first-order chi connectivity index (χ1) is 16.1. The number of unbranched alkanes of at least 4 members (excludes halogenated alkanes) is 2. The van der Waals surface area contributed by atoms with Crippen LogP contribution in [0.2, 0.25) is 0 Å². The van der Waals surface area contributed by atoms with Gasteiger partial charge in [0.1, 0.15) is 22.5 Å². The number of furan rings is 1. The van der Waals surface area contributed by atoms with Crippen LogP contribution < -0.4 is 10.8 Å². The number of aromatic hydroxyl groups is 1. The van der Waals surface area contributed by atoms with Crippen LogP contribution in [0.5, 0.6) is 5.88 Å². The minimum absolute atomic E-state index is 0.0467. The van der Waals surface area contributed by atoms with Crippen molar-refractivity contribution in [1.29, 1.82) is 0 Å². The fraction of sp³-hybridized carbons (Fsp3) is 0.273. The monoisotopic (exact) mass is 509 g/mol. The van der Waals surface area contributed by atoms with Crippen LogP contribution in [0.4, 0.5) is 18.9 Å². The van der Waals surface area contributed by atoms with E-state index in [0.29, 0.717) is 45.4 Å². The molecule has 2 N–H and O–H groups in total. The number of carboxylic acids is 1. The van der Waals surface area contributed by atoms with Gasteiger partial charge in [-0.1, -0.05) is 6.42 Å². The first-order valence-corrected chi connectivity index (χ1v) is 11.4. The molecular formula is C22H18F3N3O4S2. The molecule has 0 radical (unpaired) electrons. The van der Waals surface area contributed by atoms with Crippen LogP contribution in [0.3, 0.4) is 0 Å². The third-order valence-corrected chi connectivity index (χ3v) is 6.52. The molecule has 3 heterocycles. The number of aromatic nitrogens is 1. The van der Waals surface area contributed by atoms with E-state index in [4.69, 9.17) is 21.7 Å². The number of aliphatic carboxylic acids is 1. The Kier molecular flexibility index (Phi) is 6.71. The summed E-state index contributed by atoms with van der Waals surface area (Å²) < 4.78 is 47.7. The van der Waals surface area contributed by atoms with E-state index >= 15 is 0 Å². The van der Waals surface area contributed by atoms with E-state index in [1.807, 2.05) is 0 Å². The standard InChI is InChI=1S/C22H18F3N3O4S2/c23-22(24,25)12-8-14(19-15(9-12)26-11-27-19)16-6-5-13(32-16)10-17-20(31)28(21(33)34-17)7-3-1-2-4-18(29)30/h5-6,8-11,31H,1-4,7H2,(H,29,30)/b13-10-,16-14+. The molecule has 1 aromatic carbocycles. The number of thiazole rings is 1. The van der Waals surface area contributed by atoms with Gasteiger partial charge in [-0.15, -0.1) is 11.3 Å². The van der Waals surface area contributed by atoms with Crippen LogP contribution in [-0.4, -0.2) is 27.1 Å². The van der Waals surface area contributed by atoms with Gasteiger partial charge in [0.15, 0.2) is 3.95 Å². The summed E-state index contributed by atoms with van der Waals surface area (Å²) in [6.45, 7) is 0.440. The third-order valence-electron chi connectivity index (χ3n) is 5.13. The fourth-order valence-electron chi connectivity index (χ4n) is 3.49. The summed E-state index contributed by atoms with van der Waals surface area (Å²) in [6, 6.07) is 5.03. The molecule has 0 atom stereocenters. The highest BCUT2D eigenvalue weighted by Crippen LogP contribution is 2.31. The van der Waals surface area contributed by atoms with E-state index in [1.165, 1.54) is 23.7 Å². The maximum atomic E-state index is 13.3. The van der Waals surface area contributed by atoms with Gasteiger partial charge in [-0.25, -0.2) is 9.98 Å². The minimum atomic E-state index is -4.55. The molecule has 0 saturated carbocycles. The van der Waals surface area contributed by atoms with Gasteiger partial charge in [0.05, 0.1) is 16.1 Å². The molecule has 0 saturated heterocycles. The van der Waals surface area contributed by atoms with E-state index < -0.39 is 17.7 Å². The fourth-order valence-corrected chi connectivity index (χ4v) is 4.79. The molecule has 0 bridgehead atoms. The van der Waals surface area contributed by atoms with Gasteiger partial charge in [-0.2, -0.15) is 13.2 Å². The van der Waals surface area contributed by atoms with Gasteiger partial charge in [0, 0.05) is 24.3 Å². The number of aliphatic imine (C=N–C) groups is 1. The number of rotatable bonds is 7. The van der Waals surface area contributed by atoms with E-state index in [9.17, 15) is 23.1 Å². The molecule has 178 valence electrons. The lowest BCUT2D eigenvalue weighted by molar-refractivity contribution is -0.138. The lowest BCUT2D eigenvalue weighted by Gasteiger charge is -2.06. The molecule has 0 aliphatic carbocycles. The molecule has 1 aliphatic rings. The molecule has 0 fully saturated rings. The largest absolute Gasteiger partial charge is 0.493 e. The highest BCUT2D eigenvalue weighted by Gasteiger charge is 2.31. The average Bonchev–Trinajstić information content (AvgIpc) is 3.48. The number of carboxylic acid groups (broad SMARTS) is 1. The van der Waals surface area contributed by atoms with Crippen molar-refractivity contribution < 1.29 is 32.6 Å². The zero-order valence-electron chi connectivity index (χ0n) is 17.5. The summed E-state index contributed by atoms with van der Waals surface area (Å²) in [5.41, 5.74) is -0.236. The molecule has 3 aromatic rings. The van der Waals surface area contributed by atoms with E-state index in [0.717, 1.165) is 12.1 Å². The number of hydrogen-bond acceptors (Lipinski definition) is 7. The summed E-state index contributed by atoms with van der Waals surface area (Å²) in [7, 11) is 0. The quantitative estimate of drug-likeness (QED) is 0.357. The lowest BCUT2D eigenvalue weighted by Crippen LogP contribution is -2.10. The Hall–Kier alpha value is -3.25. The van der Waals surface area contributed by atoms with Crippen molar-refractivity contribution in [3.63, 3.8) is 0 Å². The zero-order chi connectivity index (χ0) is 24.5. The predicted molar refractivity (Wildman–Crippen MR) is 121 cm³/mol. The third kappa shape index (κ3) is 5.12. The molecule has 12 heteroatoms. The van der Waals surface area contributed by atoms with Crippen LogP contribution in [-0.2, 0) is 17.5 Å². The number of hydrogen-bond donors (Lipinski definition) is 2. The van der Waals surface area contributed by atoms with Gasteiger partial charge >= 0.3 is 12.1 Å². The van der Waals surface area contributed by atoms with Crippen LogP contribution in [0.15, 0.2) is 38.7 Å². The smallest absolute Gasteiger partial charge is 0.416 e. The molecule has 0 amide bonds. The van der Waals surface area contributed by atoms with Gasteiger partial charge in [0.2, 0.25) is 5.88 Å². The number of alkyl halides is 3. The van der Waals surface area contributed by atoms with E-state index in [-0.39, 0.29) is 28.6 Å². The Labute approximate surface area is 199 Å². The zero-order valence-corrected chi connectivity index (χ0v) is 19.1. The summed E-state index contributed by atoms with van der Waals surface area (Å²) in [4.78, 5) is 19.0. The van der Waals surface area contributed by atoms with E-state index in [2.05, 4.69) is 9.98 Å². The first-order valence-electron chi connectivity index (χ1n) is 10.2.